The van der Waals surface area contributed by atoms with E-state index in [0.29, 0.717) is 4.88 Å². The Morgan fingerprint density at radius 2 is 1.85 bits per heavy atom. The molecule has 1 unspecified atom stereocenters. The molecule has 0 aliphatic heterocycles. The van der Waals surface area contributed by atoms with Crippen LogP contribution < -0.4 is 10.6 Å². The number of amides is 2. The monoisotopic (exact) mass is 390 g/mol. The van der Waals surface area contributed by atoms with Crippen molar-refractivity contribution in [3.8, 4) is 0 Å². The van der Waals surface area contributed by atoms with Gasteiger partial charge in [0.15, 0.2) is 0 Å². The molecule has 2 amide bonds. The van der Waals surface area contributed by atoms with Crippen LogP contribution in [0.25, 0.3) is 0 Å². The Labute approximate surface area is 155 Å². The second kappa shape index (κ2) is 7.98. The number of hydrogen-bond donors (Lipinski definition) is 2. The highest BCUT2D eigenvalue weighted by molar-refractivity contribution is 7.14. The number of hydrogen-bond acceptors (Lipinski definition) is 3. The van der Waals surface area contributed by atoms with Crippen LogP contribution in [0.1, 0.15) is 60.1 Å². The number of carbonyl (C=O) groups excluding carboxylic acids is 2. The molecule has 1 heterocycles. The first-order chi connectivity index (χ1) is 12.0. The standard InChI is InChI=1S/C18H25F3N2O2S/c1-17(2,3)9-14(18(19,20)21)23-15(24)10-22-16(25)13-8-11-6-4-5-7-12(11)26-13/h8,14H,4-7,9-10H2,1-3H3,(H,22,25)(H,23,24). The van der Waals surface area contributed by atoms with E-state index in [2.05, 4.69) is 5.32 Å². The Kier molecular flexibility index (Phi) is 6.37. The number of halogens is 3. The fraction of sp³-hybridized carbons (Fsp3) is 0.667. The van der Waals surface area contributed by atoms with E-state index < -0.39 is 36.0 Å². The van der Waals surface area contributed by atoms with Crippen molar-refractivity contribution in [2.75, 3.05) is 6.54 Å². The van der Waals surface area contributed by atoms with Gasteiger partial charge in [-0.25, -0.2) is 0 Å². The SMILES string of the molecule is CC(C)(C)CC(NC(=O)CNC(=O)c1cc2c(s1)CCCC2)C(F)(F)F. The molecule has 0 aromatic carbocycles. The van der Waals surface area contributed by atoms with Crippen LogP contribution in [0.5, 0.6) is 0 Å². The molecule has 2 rings (SSSR count). The highest BCUT2D eigenvalue weighted by atomic mass is 32.1. The fourth-order valence-corrected chi connectivity index (χ4v) is 4.13. The zero-order valence-corrected chi connectivity index (χ0v) is 16.1. The molecule has 1 aliphatic carbocycles. The highest BCUT2D eigenvalue weighted by Crippen LogP contribution is 2.31. The Morgan fingerprint density at radius 1 is 1.19 bits per heavy atom. The Hall–Kier alpha value is -1.57. The van der Waals surface area contributed by atoms with E-state index in [9.17, 15) is 22.8 Å². The van der Waals surface area contributed by atoms with Gasteiger partial charge in [0.1, 0.15) is 6.04 Å². The van der Waals surface area contributed by atoms with Crippen molar-refractivity contribution in [3.63, 3.8) is 0 Å². The molecule has 2 N–H and O–H groups in total. The van der Waals surface area contributed by atoms with Crippen molar-refractivity contribution in [3.05, 3.63) is 21.4 Å². The lowest BCUT2D eigenvalue weighted by atomic mass is 9.88. The highest BCUT2D eigenvalue weighted by Gasteiger charge is 2.42. The number of carbonyl (C=O) groups is 2. The molecule has 146 valence electrons. The molecule has 0 radical (unpaired) electrons. The van der Waals surface area contributed by atoms with E-state index in [1.54, 1.807) is 20.8 Å². The third-order valence-electron chi connectivity index (χ3n) is 4.18. The third kappa shape index (κ3) is 6.00. The summed E-state index contributed by atoms with van der Waals surface area (Å²) in [7, 11) is 0. The van der Waals surface area contributed by atoms with Gasteiger partial charge in [-0.3, -0.25) is 9.59 Å². The van der Waals surface area contributed by atoms with Gasteiger partial charge in [0.25, 0.3) is 5.91 Å². The molecule has 0 bridgehead atoms. The van der Waals surface area contributed by atoms with E-state index in [4.69, 9.17) is 0 Å². The molecular formula is C18H25F3N2O2S. The van der Waals surface area contributed by atoms with Crippen molar-refractivity contribution in [1.82, 2.24) is 10.6 Å². The maximum atomic E-state index is 13.1. The number of thiophene rings is 1. The second-order valence-electron chi connectivity index (χ2n) is 7.88. The predicted molar refractivity (Wildman–Crippen MR) is 95.4 cm³/mol. The molecule has 0 spiro atoms. The smallest absolute Gasteiger partial charge is 0.343 e. The van der Waals surface area contributed by atoms with Gasteiger partial charge >= 0.3 is 6.18 Å². The third-order valence-corrected chi connectivity index (χ3v) is 5.41. The van der Waals surface area contributed by atoms with Crippen LogP contribution in [0.4, 0.5) is 13.2 Å². The molecule has 0 saturated carbocycles. The summed E-state index contributed by atoms with van der Waals surface area (Å²) in [5, 5.41) is 4.41. The van der Waals surface area contributed by atoms with E-state index in [0.717, 1.165) is 31.2 Å². The summed E-state index contributed by atoms with van der Waals surface area (Å²) in [6.45, 7) is 4.56. The number of aryl methyl sites for hydroxylation is 2. The quantitative estimate of drug-likeness (QED) is 0.803. The molecule has 1 atom stereocenters. The van der Waals surface area contributed by atoms with Crippen LogP contribution >= 0.6 is 11.3 Å². The van der Waals surface area contributed by atoms with Crippen molar-refractivity contribution in [2.45, 2.75) is 65.1 Å². The van der Waals surface area contributed by atoms with Gasteiger partial charge in [-0.15, -0.1) is 11.3 Å². The van der Waals surface area contributed by atoms with E-state index in [1.165, 1.54) is 16.2 Å². The molecule has 1 aromatic rings. The maximum absolute atomic E-state index is 13.1. The van der Waals surface area contributed by atoms with Crippen LogP contribution in [0.15, 0.2) is 6.07 Å². The largest absolute Gasteiger partial charge is 0.408 e. The number of alkyl halides is 3. The lowest BCUT2D eigenvalue weighted by molar-refractivity contribution is -0.166. The first kappa shape index (κ1) is 20.7. The summed E-state index contributed by atoms with van der Waals surface area (Å²) >= 11 is 1.40. The van der Waals surface area contributed by atoms with Crippen LogP contribution in [0.3, 0.4) is 0 Å². The van der Waals surface area contributed by atoms with E-state index in [-0.39, 0.29) is 6.42 Å². The summed E-state index contributed by atoms with van der Waals surface area (Å²) in [5.41, 5.74) is 0.574. The average Bonchev–Trinajstić information content (AvgIpc) is 2.94. The summed E-state index contributed by atoms with van der Waals surface area (Å²) in [6, 6.07) is -0.106. The van der Waals surface area contributed by atoms with Crippen LogP contribution in [0, 0.1) is 5.41 Å². The van der Waals surface area contributed by atoms with Crippen molar-refractivity contribution in [2.24, 2.45) is 5.41 Å². The van der Waals surface area contributed by atoms with Gasteiger partial charge < -0.3 is 10.6 Å². The van der Waals surface area contributed by atoms with Crippen molar-refractivity contribution < 1.29 is 22.8 Å². The maximum Gasteiger partial charge on any atom is 0.408 e. The molecule has 1 aliphatic rings. The van der Waals surface area contributed by atoms with Crippen LogP contribution in [-0.2, 0) is 17.6 Å². The molecule has 26 heavy (non-hydrogen) atoms. The van der Waals surface area contributed by atoms with Crippen molar-refractivity contribution >= 4 is 23.2 Å². The van der Waals surface area contributed by atoms with Gasteiger partial charge in [0.05, 0.1) is 11.4 Å². The molecule has 0 fully saturated rings. The normalized spacial score (nSPS) is 15.9. The number of rotatable bonds is 5. The lowest BCUT2D eigenvalue weighted by Gasteiger charge is -2.28. The summed E-state index contributed by atoms with van der Waals surface area (Å²) in [5.74, 6) is -1.26. The number of fused-ring (bicyclic) bond motifs is 1. The topological polar surface area (TPSA) is 58.2 Å². The van der Waals surface area contributed by atoms with Crippen molar-refractivity contribution in [1.29, 1.82) is 0 Å². The first-order valence-electron chi connectivity index (χ1n) is 8.71. The summed E-state index contributed by atoms with van der Waals surface area (Å²) in [4.78, 5) is 25.8. The Bertz CT molecular complexity index is 639. The Balaban J connectivity index is 1.90. The van der Waals surface area contributed by atoms with Gasteiger partial charge in [-0.05, 0) is 49.1 Å². The fourth-order valence-electron chi connectivity index (χ4n) is 2.96. The van der Waals surface area contributed by atoms with Gasteiger partial charge in [0, 0.05) is 4.88 Å². The van der Waals surface area contributed by atoms with E-state index in [1.807, 2.05) is 11.4 Å². The van der Waals surface area contributed by atoms with Gasteiger partial charge in [-0.2, -0.15) is 13.2 Å². The molecule has 8 heteroatoms. The second-order valence-corrected chi connectivity index (χ2v) is 9.01. The average molecular weight is 390 g/mol. The van der Waals surface area contributed by atoms with Crippen LogP contribution in [0.2, 0.25) is 0 Å². The molecule has 1 aromatic heterocycles. The lowest BCUT2D eigenvalue weighted by Crippen LogP contribution is -2.50. The molecule has 0 saturated heterocycles. The summed E-state index contributed by atoms with van der Waals surface area (Å²) in [6.07, 6.45) is -0.662. The zero-order chi connectivity index (χ0) is 19.5. The molecule has 4 nitrogen and oxygen atoms in total. The minimum absolute atomic E-state index is 0.228. The Morgan fingerprint density at radius 3 is 2.42 bits per heavy atom. The molecular weight excluding hydrogens is 365 g/mol. The van der Waals surface area contributed by atoms with Crippen LogP contribution in [-0.4, -0.2) is 30.6 Å². The first-order valence-corrected chi connectivity index (χ1v) is 9.53. The minimum Gasteiger partial charge on any atom is -0.343 e. The zero-order valence-electron chi connectivity index (χ0n) is 15.3. The summed E-state index contributed by atoms with van der Waals surface area (Å²) < 4.78 is 39.3. The predicted octanol–water partition coefficient (Wildman–Crippen LogP) is 3.84. The van der Waals surface area contributed by atoms with Gasteiger partial charge in [0.2, 0.25) is 5.91 Å². The van der Waals surface area contributed by atoms with E-state index >= 15 is 0 Å². The van der Waals surface area contributed by atoms with Gasteiger partial charge in [-0.1, -0.05) is 20.8 Å². The number of nitrogens with one attached hydrogen (secondary N) is 2. The minimum atomic E-state index is -4.53.